The first kappa shape index (κ1) is 19.2. The summed E-state index contributed by atoms with van der Waals surface area (Å²) in [6.45, 7) is 3.64. The van der Waals surface area contributed by atoms with Gasteiger partial charge in [0.15, 0.2) is 11.7 Å². The van der Waals surface area contributed by atoms with Crippen molar-refractivity contribution in [3.05, 3.63) is 41.9 Å². The summed E-state index contributed by atoms with van der Waals surface area (Å²) in [6.07, 6.45) is -1.79. The summed E-state index contributed by atoms with van der Waals surface area (Å²) < 4.78 is 41.1. The van der Waals surface area contributed by atoms with Crippen LogP contribution in [0.4, 0.5) is 19.0 Å². The minimum atomic E-state index is -4.42. The molecule has 9 heteroatoms. The van der Waals surface area contributed by atoms with Crippen molar-refractivity contribution < 1.29 is 18.0 Å². The molecule has 3 atom stereocenters. The van der Waals surface area contributed by atoms with E-state index >= 15 is 0 Å². The standard InChI is InChI=1S/C18H22F3N5O/c1-3-12-9-15(18(19,20)21)26-16(24-12)10-14(25-26)17(27)23-11(2)8-13-6-4-5-7-22-13/h4-7,10-12,15,24H,3,8-9H2,1-2H3,(H,23,27)/t11?,12-,15-/m1/s1. The largest absolute Gasteiger partial charge is 0.410 e. The second kappa shape index (κ2) is 7.58. The fourth-order valence-corrected chi connectivity index (χ4v) is 3.21. The zero-order chi connectivity index (χ0) is 19.6. The summed E-state index contributed by atoms with van der Waals surface area (Å²) >= 11 is 0. The van der Waals surface area contributed by atoms with E-state index in [9.17, 15) is 18.0 Å². The molecule has 6 nitrogen and oxygen atoms in total. The fourth-order valence-electron chi connectivity index (χ4n) is 3.21. The monoisotopic (exact) mass is 381 g/mol. The first-order valence-electron chi connectivity index (χ1n) is 8.91. The maximum atomic E-state index is 13.4. The molecule has 2 aromatic rings. The molecule has 0 radical (unpaired) electrons. The van der Waals surface area contributed by atoms with Crippen LogP contribution in [0, 0.1) is 0 Å². The molecule has 1 aliphatic heterocycles. The van der Waals surface area contributed by atoms with Gasteiger partial charge in [-0.25, -0.2) is 4.68 Å². The first-order valence-corrected chi connectivity index (χ1v) is 8.91. The number of pyridine rings is 1. The van der Waals surface area contributed by atoms with E-state index in [1.807, 2.05) is 26.0 Å². The Morgan fingerprint density at radius 1 is 1.44 bits per heavy atom. The van der Waals surface area contributed by atoms with E-state index in [0.29, 0.717) is 12.8 Å². The van der Waals surface area contributed by atoms with Crippen LogP contribution in [0.5, 0.6) is 0 Å². The Bertz CT molecular complexity index is 790. The molecule has 0 saturated heterocycles. The Morgan fingerprint density at radius 3 is 2.85 bits per heavy atom. The number of aromatic nitrogens is 3. The maximum absolute atomic E-state index is 13.4. The summed E-state index contributed by atoms with van der Waals surface area (Å²) in [5.41, 5.74) is 0.787. The predicted octanol–water partition coefficient (Wildman–Crippen LogP) is 3.34. The van der Waals surface area contributed by atoms with Crippen molar-refractivity contribution in [2.45, 2.75) is 57.4 Å². The van der Waals surface area contributed by atoms with Crippen LogP contribution in [0.1, 0.15) is 48.9 Å². The number of rotatable bonds is 5. The number of carbonyl (C=O) groups excluding carboxylic acids is 1. The third-order valence-electron chi connectivity index (χ3n) is 4.61. The zero-order valence-electron chi connectivity index (χ0n) is 15.1. The van der Waals surface area contributed by atoms with Crippen molar-refractivity contribution in [1.82, 2.24) is 20.1 Å². The topological polar surface area (TPSA) is 71.8 Å². The number of hydrogen-bond acceptors (Lipinski definition) is 4. The Labute approximate surface area is 155 Å². The number of anilines is 1. The molecule has 0 bridgehead atoms. The van der Waals surface area contributed by atoms with E-state index < -0.39 is 18.1 Å². The molecule has 1 aliphatic rings. The average Bonchev–Trinajstić information content (AvgIpc) is 3.04. The van der Waals surface area contributed by atoms with Gasteiger partial charge in [0.25, 0.3) is 5.91 Å². The number of hydrogen-bond donors (Lipinski definition) is 2. The summed E-state index contributed by atoms with van der Waals surface area (Å²) in [4.78, 5) is 16.7. The Hall–Kier alpha value is -2.58. The lowest BCUT2D eigenvalue weighted by Crippen LogP contribution is -2.39. The molecule has 2 aromatic heterocycles. The van der Waals surface area contributed by atoms with Crippen LogP contribution in [0.3, 0.4) is 0 Å². The van der Waals surface area contributed by atoms with Crippen LogP contribution in [0.15, 0.2) is 30.5 Å². The number of nitrogens with one attached hydrogen (secondary N) is 2. The van der Waals surface area contributed by atoms with Gasteiger partial charge < -0.3 is 10.6 Å². The van der Waals surface area contributed by atoms with Crippen molar-refractivity contribution in [2.75, 3.05) is 5.32 Å². The van der Waals surface area contributed by atoms with Crippen molar-refractivity contribution in [2.24, 2.45) is 0 Å². The molecule has 3 rings (SSSR count). The van der Waals surface area contributed by atoms with E-state index in [0.717, 1.165) is 10.4 Å². The highest BCUT2D eigenvalue weighted by molar-refractivity contribution is 5.93. The van der Waals surface area contributed by atoms with Crippen LogP contribution in [-0.2, 0) is 6.42 Å². The fraction of sp³-hybridized carbons (Fsp3) is 0.500. The van der Waals surface area contributed by atoms with Gasteiger partial charge in [-0.2, -0.15) is 18.3 Å². The Kier molecular flexibility index (Phi) is 5.38. The molecule has 1 unspecified atom stereocenters. The van der Waals surface area contributed by atoms with Gasteiger partial charge in [0.05, 0.1) is 0 Å². The Morgan fingerprint density at radius 2 is 2.22 bits per heavy atom. The van der Waals surface area contributed by atoms with Gasteiger partial charge in [-0.15, -0.1) is 0 Å². The highest BCUT2D eigenvalue weighted by atomic mass is 19.4. The minimum Gasteiger partial charge on any atom is -0.367 e. The van der Waals surface area contributed by atoms with Crippen LogP contribution >= 0.6 is 0 Å². The molecule has 0 aliphatic carbocycles. The van der Waals surface area contributed by atoms with Gasteiger partial charge >= 0.3 is 6.18 Å². The second-order valence-corrected chi connectivity index (χ2v) is 6.80. The molecule has 0 aromatic carbocycles. The van der Waals surface area contributed by atoms with Crippen molar-refractivity contribution in [3.8, 4) is 0 Å². The first-order chi connectivity index (χ1) is 12.8. The summed E-state index contributed by atoms with van der Waals surface area (Å²) in [5.74, 6) is -0.283. The molecule has 146 valence electrons. The zero-order valence-corrected chi connectivity index (χ0v) is 15.1. The third kappa shape index (κ3) is 4.40. The molecule has 0 saturated carbocycles. The van der Waals surface area contributed by atoms with Crippen LogP contribution < -0.4 is 10.6 Å². The molecular formula is C18H22F3N5O. The lowest BCUT2D eigenvalue weighted by atomic mass is 10.0. The molecule has 27 heavy (non-hydrogen) atoms. The van der Waals surface area contributed by atoms with E-state index in [1.54, 1.807) is 12.3 Å². The summed E-state index contributed by atoms with van der Waals surface area (Å²) in [7, 11) is 0. The van der Waals surface area contributed by atoms with E-state index in [4.69, 9.17) is 0 Å². The lowest BCUT2D eigenvalue weighted by molar-refractivity contribution is -0.173. The van der Waals surface area contributed by atoms with E-state index in [2.05, 4.69) is 20.7 Å². The summed E-state index contributed by atoms with van der Waals surface area (Å²) in [5, 5.41) is 9.73. The molecule has 3 heterocycles. The third-order valence-corrected chi connectivity index (χ3v) is 4.61. The number of carbonyl (C=O) groups is 1. The summed E-state index contributed by atoms with van der Waals surface area (Å²) in [6, 6.07) is 4.61. The predicted molar refractivity (Wildman–Crippen MR) is 94.5 cm³/mol. The van der Waals surface area contributed by atoms with Crippen molar-refractivity contribution in [1.29, 1.82) is 0 Å². The maximum Gasteiger partial charge on any atom is 0.410 e. The molecule has 1 amide bonds. The number of halogens is 3. The van der Waals surface area contributed by atoms with Crippen molar-refractivity contribution >= 4 is 11.7 Å². The smallest absolute Gasteiger partial charge is 0.367 e. The van der Waals surface area contributed by atoms with Gasteiger partial charge in [0.2, 0.25) is 0 Å². The second-order valence-electron chi connectivity index (χ2n) is 6.80. The van der Waals surface area contributed by atoms with Crippen LogP contribution in [0.2, 0.25) is 0 Å². The SMILES string of the molecule is CC[C@@H]1C[C@H](C(F)(F)F)n2nc(C(=O)NC(C)Cc3ccccn3)cc2N1. The minimum absolute atomic E-state index is 0.0311. The quantitative estimate of drug-likeness (QED) is 0.833. The van der Waals surface area contributed by atoms with Gasteiger partial charge in [-0.3, -0.25) is 9.78 Å². The van der Waals surface area contributed by atoms with E-state index in [1.165, 1.54) is 6.07 Å². The molecular weight excluding hydrogens is 359 g/mol. The number of amides is 1. The molecule has 0 spiro atoms. The van der Waals surface area contributed by atoms with E-state index in [-0.39, 0.29) is 30.0 Å². The number of nitrogens with zero attached hydrogens (tertiary/aromatic N) is 3. The number of fused-ring (bicyclic) bond motifs is 1. The van der Waals surface area contributed by atoms with Crippen LogP contribution in [-0.4, -0.2) is 38.9 Å². The number of alkyl halides is 3. The lowest BCUT2D eigenvalue weighted by Gasteiger charge is -2.32. The highest BCUT2D eigenvalue weighted by Crippen LogP contribution is 2.39. The van der Waals surface area contributed by atoms with Crippen LogP contribution in [0.25, 0.3) is 0 Å². The molecule has 0 fully saturated rings. The Balaban J connectivity index is 1.74. The van der Waals surface area contributed by atoms with Gasteiger partial charge in [0, 0.05) is 36.5 Å². The average molecular weight is 381 g/mol. The van der Waals surface area contributed by atoms with Crippen molar-refractivity contribution in [3.63, 3.8) is 0 Å². The van der Waals surface area contributed by atoms with Gasteiger partial charge in [0.1, 0.15) is 5.82 Å². The highest BCUT2D eigenvalue weighted by Gasteiger charge is 2.46. The normalized spacial score (nSPS) is 20.5. The van der Waals surface area contributed by atoms with Gasteiger partial charge in [-0.05, 0) is 31.9 Å². The molecule has 2 N–H and O–H groups in total. The van der Waals surface area contributed by atoms with Gasteiger partial charge in [-0.1, -0.05) is 13.0 Å².